The van der Waals surface area contributed by atoms with Gasteiger partial charge in [0.15, 0.2) is 0 Å². The van der Waals surface area contributed by atoms with Crippen molar-refractivity contribution in [2.24, 2.45) is 17.3 Å². The lowest BCUT2D eigenvalue weighted by molar-refractivity contribution is -0.142. The van der Waals surface area contributed by atoms with Crippen molar-refractivity contribution in [1.82, 2.24) is 9.80 Å². The number of carbonyl (C=O) groups excluding carboxylic acids is 1. The molecule has 4 aliphatic rings. The molecule has 0 unspecified atom stereocenters. The zero-order valence-corrected chi connectivity index (χ0v) is 14.6. The molecule has 3 atom stereocenters. The molecule has 3 aliphatic heterocycles. The summed E-state index contributed by atoms with van der Waals surface area (Å²) in [7, 11) is 1.75. The molecule has 0 spiro atoms. The van der Waals surface area contributed by atoms with Crippen molar-refractivity contribution in [3.63, 3.8) is 0 Å². The molecule has 4 nitrogen and oxygen atoms in total. The van der Waals surface area contributed by atoms with Crippen LogP contribution in [0.25, 0.3) is 0 Å². The monoisotopic (exact) mass is 320 g/mol. The summed E-state index contributed by atoms with van der Waals surface area (Å²) >= 11 is 0. The number of methoxy groups -OCH3 is 1. The Morgan fingerprint density at radius 3 is 2.74 bits per heavy atom. The Kier molecular flexibility index (Phi) is 4.39. The van der Waals surface area contributed by atoms with Gasteiger partial charge >= 0.3 is 0 Å². The third-order valence-corrected chi connectivity index (χ3v) is 7.21. The van der Waals surface area contributed by atoms with Gasteiger partial charge in [0.1, 0.15) is 0 Å². The minimum absolute atomic E-state index is 0.0963. The van der Waals surface area contributed by atoms with Crippen LogP contribution in [-0.4, -0.2) is 61.6 Å². The zero-order chi connectivity index (χ0) is 15.9. The Morgan fingerprint density at radius 2 is 1.96 bits per heavy atom. The second-order valence-corrected chi connectivity index (χ2v) is 8.42. The van der Waals surface area contributed by atoms with Gasteiger partial charge in [-0.1, -0.05) is 19.3 Å². The Balaban J connectivity index is 1.44. The molecule has 130 valence electrons. The SMILES string of the molecule is COCCC1(C(=O)N2C[C@@H]3CN4CCCC[C@H]4[C@H]3C2)CCCC1. The number of likely N-dealkylation sites (tertiary alicyclic amines) is 1. The predicted octanol–water partition coefficient (Wildman–Crippen LogP) is 2.53. The van der Waals surface area contributed by atoms with Crippen LogP contribution in [0.15, 0.2) is 0 Å². The van der Waals surface area contributed by atoms with E-state index in [0.717, 1.165) is 56.8 Å². The quantitative estimate of drug-likeness (QED) is 0.798. The first-order valence-corrected chi connectivity index (χ1v) is 9.76. The highest BCUT2D eigenvalue weighted by atomic mass is 16.5. The van der Waals surface area contributed by atoms with Crippen molar-refractivity contribution in [2.75, 3.05) is 39.9 Å². The van der Waals surface area contributed by atoms with Gasteiger partial charge in [-0.3, -0.25) is 9.69 Å². The Bertz CT molecular complexity index is 447. The summed E-state index contributed by atoms with van der Waals surface area (Å²) in [5.41, 5.74) is -0.0963. The number of piperidine rings is 1. The first-order chi connectivity index (χ1) is 11.2. The van der Waals surface area contributed by atoms with E-state index in [1.807, 2.05) is 0 Å². The molecular formula is C19H32N2O2. The van der Waals surface area contributed by atoms with Crippen LogP contribution >= 0.6 is 0 Å². The highest BCUT2D eigenvalue weighted by Gasteiger charge is 2.51. The summed E-state index contributed by atoms with van der Waals surface area (Å²) in [6.07, 6.45) is 9.63. The fourth-order valence-electron chi connectivity index (χ4n) is 5.98. The molecule has 1 aliphatic carbocycles. The van der Waals surface area contributed by atoms with Crippen molar-refractivity contribution < 1.29 is 9.53 Å². The van der Waals surface area contributed by atoms with Gasteiger partial charge in [0.2, 0.25) is 5.91 Å². The van der Waals surface area contributed by atoms with E-state index in [1.165, 1.54) is 45.2 Å². The topological polar surface area (TPSA) is 32.8 Å². The fraction of sp³-hybridized carbons (Fsp3) is 0.947. The lowest BCUT2D eigenvalue weighted by atomic mass is 9.81. The van der Waals surface area contributed by atoms with E-state index >= 15 is 0 Å². The van der Waals surface area contributed by atoms with Gasteiger partial charge in [0, 0.05) is 39.4 Å². The Labute approximate surface area is 140 Å². The predicted molar refractivity (Wildman–Crippen MR) is 90.2 cm³/mol. The summed E-state index contributed by atoms with van der Waals surface area (Å²) < 4.78 is 5.31. The van der Waals surface area contributed by atoms with Gasteiger partial charge in [-0.15, -0.1) is 0 Å². The number of rotatable bonds is 4. The van der Waals surface area contributed by atoms with Crippen molar-refractivity contribution in [2.45, 2.75) is 57.4 Å². The van der Waals surface area contributed by atoms with Crippen molar-refractivity contribution in [3.05, 3.63) is 0 Å². The first kappa shape index (κ1) is 15.9. The summed E-state index contributed by atoms with van der Waals surface area (Å²) in [5.74, 6) is 1.95. The number of carbonyl (C=O) groups is 1. The van der Waals surface area contributed by atoms with Crippen LogP contribution in [0.2, 0.25) is 0 Å². The highest BCUT2D eigenvalue weighted by molar-refractivity contribution is 5.83. The summed E-state index contributed by atoms with van der Waals surface area (Å²) in [6.45, 7) is 5.31. The van der Waals surface area contributed by atoms with E-state index in [2.05, 4.69) is 9.80 Å². The number of fused-ring (bicyclic) bond motifs is 3. The van der Waals surface area contributed by atoms with Gasteiger partial charge < -0.3 is 9.64 Å². The van der Waals surface area contributed by atoms with E-state index in [1.54, 1.807) is 7.11 Å². The minimum Gasteiger partial charge on any atom is -0.385 e. The van der Waals surface area contributed by atoms with Crippen LogP contribution in [-0.2, 0) is 9.53 Å². The Morgan fingerprint density at radius 1 is 1.13 bits per heavy atom. The molecule has 1 saturated carbocycles. The standard InChI is InChI=1S/C19H32N2O2/c1-23-11-9-19(7-3-4-8-19)18(22)21-13-15-12-20-10-5-2-6-17(20)16(15)14-21/h15-17H,2-14H2,1H3/t15-,16-,17-/m0/s1. The van der Waals surface area contributed by atoms with E-state index in [4.69, 9.17) is 4.74 Å². The lowest BCUT2D eigenvalue weighted by Crippen LogP contribution is -2.45. The van der Waals surface area contributed by atoms with Gasteiger partial charge in [-0.2, -0.15) is 0 Å². The molecule has 0 aromatic heterocycles. The van der Waals surface area contributed by atoms with Crippen molar-refractivity contribution >= 4 is 5.91 Å². The van der Waals surface area contributed by atoms with Crippen molar-refractivity contribution in [1.29, 1.82) is 0 Å². The third kappa shape index (κ3) is 2.72. The maximum absolute atomic E-state index is 13.3. The molecule has 4 heteroatoms. The second kappa shape index (κ2) is 6.36. The molecule has 4 fully saturated rings. The van der Waals surface area contributed by atoms with Crippen LogP contribution in [0.1, 0.15) is 51.4 Å². The Hall–Kier alpha value is -0.610. The number of hydrogen-bond acceptors (Lipinski definition) is 3. The van der Waals surface area contributed by atoms with Crippen LogP contribution in [0, 0.1) is 17.3 Å². The summed E-state index contributed by atoms with van der Waals surface area (Å²) in [5, 5.41) is 0. The molecule has 3 saturated heterocycles. The van der Waals surface area contributed by atoms with E-state index < -0.39 is 0 Å². The van der Waals surface area contributed by atoms with E-state index in [9.17, 15) is 4.79 Å². The number of ether oxygens (including phenoxy) is 1. The average molecular weight is 320 g/mol. The van der Waals surface area contributed by atoms with E-state index in [-0.39, 0.29) is 5.41 Å². The third-order valence-electron chi connectivity index (χ3n) is 7.21. The molecule has 0 aromatic carbocycles. The molecule has 4 rings (SSSR count). The van der Waals surface area contributed by atoms with Crippen LogP contribution in [0.5, 0.6) is 0 Å². The number of amides is 1. The molecule has 0 bridgehead atoms. The smallest absolute Gasteiger partial charge is 0.228 e. The number of nitrogens with zero attached hydrogens (tertiary/aromatic N) is 2. The van der Waals surface area contributed by atoms with Gasteiger partial charge in [-0.25, -0.2) is 0 Å². The molecule has 0 aromatic rings. The van der Waals surface area contributed by atoms with Gasteiger partial charge in [0.25, 0.3) is 0 Å². The zero-order valence-electron chi connectivity index (χ0n) is 14.6. The second-order valence-electron chi connectivity index (χ2n) is 8.42. The molecule has 23 heavy (non-hydrogen) atoms. The molecule has 3 heterocycles. The lowest BCUT2D eigenvalue weighted by Gasteiger charge is -2.36. The fourth-order valence-corrected chi connectivity index (χ4v) is 5.98. The average Bonchev–Trinajstić information content (AvgIpc) is 3.27. The largest absolute Gasteiger partial charge is 0.385 e. The molecule has 0 N–H and O–H groups in total. The normalized spacial score (nSPS) is 36.2. The van der Waals surface area contributed by atoms with Gasteiger partial charge in [0.05, 0.1) is 5.41 Å². The van der Waals surface area contributed by atoms with Crippen LogP contribution in [0.3, 0.4) is 0 Å². The maximum atomic E-state index is 13.3. The van der Waals surface area contributed by atoms with Crippen LogP contribution < -0.4 is 0 Å². The highest BCUT2D eigenvalue weighted by Crippen LogP contribution is 2.46. The van der Waals surface area contributed by atoms with Crippen molar-refractivity contribution in [3.8, 4) is 0 Å². The molecular weight excluding hydrogens is 288 g/mol. The first-order valence-electron chi connectivity index (χ1n) is 9.76. The van der Waals surface area contributed by atoms with E-state index in [0.29, 0.717) is 5.91 Å². The van der Waals surface area contributed by atoms with Gasteiger partial charge in [-0.05, 0) is 50.5 Å². The maximum Gasteiger partial charge on any atom is 0.228 e. The summed E-state index contributed by atoms with van der Waals surface area (Å²) in [6, 6.07) is 0.769. The number of hydrogen-bond donors (Lipinski definition) is 0. The molecule has 1 amide bonds. The van der Waals surface area contributed by atoms with Crippen LogP contribution in [0.4, 0.5) is 0 Å². The summed E-state index contributed by atoms with van der Waals surface area (Å²) in [4.78, 5) is 18.3. The molecule has 0 radical (unpaired) electrons. The minimum atomic E-state index is -0.0963.